The second-order valence-electron chi connectivity index (χ2n) is 6.05. The third-order valence-corrected chi connectivity index (χ3v) is 3.91. The lowest BCUT2D eigenvalue weighted by Crippen LogP contribution is -2.45. The molecule has 0 amide bonds. The number of hydrogen-bond acceptors (Lipinski definition) is 2. The zero-order chi connectivity index (χ0) is 15.5. The van der Waals surface area contributed by atoms with Gasteiger partial charge in [0.05, 0.1) is 5.56 Å². The highest BCUT2D eigenvalue weighted by molar-refractivity contribution is 5.27. The Balaban J connectivity index is 2.19. The summed E-state index contributed by atoms with van der Waals surface area (Å²) in [5.41, 5.74) is 0.411. The molecule has 5 heteroatoms. The Morgan fingerprint density at radius 2 is 1.67 bits per heavy atom. The van der Waals surface area contributed by atoms with E-state index in [1.165, 1.54) is 12.1 Å². The Labute approximate surface area is 124 Å². The number of rotatable bonds is 4. The van der Waals surface area contributed by atoms with E-state index in [4.69, 9.17) is 0 Å². The number of benzene rings is 1. The van der Waals surface area contributed by atoms with E-state index in [0.717, 1.165) is 38.2 Å². The molecule has 1 aromatic rings. The third-order valence-electron chi connectivity index (χ3n) is 3.91. The average Bonchev–Trinajstić information content (AvgIpc) is 2.45. The highest BCUT2D eigenvalue weighted by Gasteiger charge is 2.31. The van der Waals surface area contributed by atoms with Crippen LogP contribution in [-0.4, -0.2) is 31.1 Å². The summed E-state index contributed by atoms with van der Waals surface area (Å²) < 4.78 is 38.0. The van der Waals surface area contributed by atoms with Crippen LogP contribution in [0.15, 0.2) is 24.3 Å². The minimum atomic E-state index is -4.26. The second-order valence-corrected chi connectivity index (χ2v) is 6.05. The van der Waals surface area contributed by atoms with Gasteiger partial charge in [-0.15, -0.1) is 0 Å². The molecule has 0 aliphatic carbocycles. The van der Waals surface area contributed by atoms with Crippen LogP contribution in [0.25, 0.3) is 0 Å². The maximum Gasteiger partial charge on any atom is 0.416 e. The van der Waals surface area contributed by atoms with Gasteiger partial charge < -0.3 is 5.32 Å². The van der Waals surface area contributed by atoms with E-state index >= 15 is 0 Å². The SMILES string of the molecule is CC(C)C[C@@H](c1ccc(C(F)(F)F)cc1)N1CCNCC1. The molecule has 2 nitrogen and oxygen atoms in total. The molecular weight excluding hydrogens is 277 g/mol. The van der Waals surface area contributed by atoms with Crippen LogP contribution < -0.4 is 5.32 Å². The fraction of sp³-hybridized carbons (Fsp3) is 0.625. The lowest BCUT2D eigenvalue weighted by Gasteiger charge is -2.36. The van der Waals surface area contributed by atoms with Crippen LogP contribution in [0, 0.1) is 5.92 Å². The summed E-state index contributed by atoms with van der Waals surface area (Å²) in [6.07, 6.45) is -3.30. The highest BCUT2D eigenvalue weighted by Crippen LogP contribution is 2.32. The van der Waals surface area contributed by atoms with E-state index in [0.29, 0.717) is 5.92 Å². The fourth-order valence-electron chi connectivity index (χ4n) is 2.83. The number of hydrogen-bond donors (Lipinski definition) is 1. The van der Waals surface area contributed by atoms with Crippen molar-refractivity contribution in [2.75, 3.05) is 26.2 Å². The summed E-state index contributed by atoms with van der Waals surface area (Å²) in [5.74, 6) is 0.507. The van der Waals surface area contributed by atoms with E-state index in [2.05, 4.69) is 24.1 Å². The van der Waals surface area contributed by atoms with Crippen LogP contribution in [-0.2, 0) is 6.18 Å². The summed E-state index contributed by atoms with van der Waals surface area (Å²) in [6, 6.07) is 5.88. The molecule has 0 unspecified atom stereocenters. The molecule has 0 radical (unpaired) electrons. The van der Waals surface area contributed by atoms with Gasteiger partial charge in [-0.3, -0.25) is 4.90 Å². The highest BCUT2D eigenvalue weighted by atomic mass is 19.4. The van der Waals surface area contributed by atoms with E-state index in [9.17, 15) is 13.2 Å². The van der Waals surface area contributed by atoms with Crippen LogP contribution in [0.3, 0.4) is 0 Å². The maximum absolute atomic E-state index is 12.7. The molecule has 1 fully saturated rings. The summed E-state index contributed by atoms with van der Waals surface area (Å²) >= 11 is 0. The van der Waals surface area contributed by atoms with E-state index < -0.39 is 11.7 Å². The molecule has 0 saturated carbocycles. The van der Waals surface area contributed by atoms with Gasteiger partial charge in [0.2, 0.25) is 0 Å². The Morgan fingerprint density at radius 1 is 1.10 bits per heavy atom. The first-order valence-corrected chi connectivity index (χ1v) is 7.50. The number of nitrogens with one attached hydrogen (secondary N) is 1. The van der Waals surface area contributed by atoms with Crippen LogP contribution in [0.1, 0.15) is 37.4 Å². The van der Waals surface area contributed by atoms with Gasteiger partial charge in [0.25, 0.3) is 0 Å². The molecule has 1 aromatic carbocycles. The molecule has 1 saturated heterocycles. The van der Waals surface area contributed by atoms with Crippen molar-refractivity contribution in [3.05, 3.63) is 35.4 Å². The Hall–Kier alpha value is -1.07. The quantitative estimate of drug-likeness (QED) is 0.912. The Morgan fingerprint density at radius 3 is 2.14 bits per heavy atom. The topological polar surface area (TPSA) is 15.3 Å². The van der Waals surface area contributed by atoms with Crippen molar-refractivity contribution in [3.8, 4) is 0 Å². The normalized spacial score (nSPS) is 19.0. The molecule has 118 valence electrons. The van der Waals surface area contributed by atoms with Gasteiger partial charge in [-0.05, 0) is 30.0 Å². The molecule has 1 heterocycles. The zero-order valence-electron chi connectivity index (χ0n) is 12.6. The van der Waals surface area contributed by atoms with Gasteiger partial charge >= 0.3 is 6.18 Å². The predicted octanol–water partition coefficient (Wildman–Crippen LogP) is 3.70. The van der Waals surface area contributed by atoms with Gasteiger partial charge in [-0.1, -0.05) is 26.0 Å². The van der Waals surface area contributed by atoms with Crippen molar-refractivity contribution < 1.29 is 13.2 Å². The molecule has 2 rings (SSSR count). The molecule has 21 heavy (non-hydrogen) atoms. The molecule has 0 spiro atoms. The second kappa shape index (κ2) is 6.79. The fourth-order valence-corrected chi connectivity index (χ4v) is 2.83. The van der Waals surface area contributed by atoms with Crippen molar-refractivity contribution >= 4 is 0 Å². The van der Waals surface area contributed by atoms with Gasteiger partial charge in [0.15, 0.2) is 0 Å². The monoisotopic (exact) mass is 300 g/mol. The minimum Gasteiger partial charge on any atom is -0.314 e. The molecule has 1 aliphatic heterocycles. The van der Waals surface area contributed by atoms with Crippen LogP contribution >= 0.6 is 0 Å². The van der Waals surface area contributed by atoms with Crippen LogP contribution in [0.5, 0.6) is 0 Å². The van der Waals surface area contributed by atoms with E-state index in [1.54, 1.807) is 12.1 Å². The molecule has 1 atom stereocenters. The van der Waals surface area contributed by atoms with Crippen molar-refractivity contribution in [1.82, 2.24) is 10.2 Å². The first kappa shape index (κ1) is 16.3. The van der Waals surface area contributed by atoms with Crippen molar-refractivity contribution in [2.45, 2.75) is 32.5 Å². The Kier molecular flexibility index (Phi) is 5.27. The molecule has 0 aromatic heterocycles. The first-order chi connectivity index (χ1) is 9.88. The smallest absolute Gasteiger partial charge is 0.314 e. The Bertz CT molecular complexity index is 434. The van der Waals surface area contributed by atoms with E-state index in [1.807, 2.05) is 0 Å². The largest absolute Gasteiger partial charge is 0.416 e. The van der Waals surface area contributed by atoms with Crippen LogP contribution in [0.2, 0.25) is 0 Å². The summed E-state index contributed by atoms with van der Waals surface area (Å²) in [7, 11) is 0. The van der Waals surface area contributed by atoms with E-state index in [-0.39, 0.29) is 6.04 Å². The number of halogens is 3. The molecular formula is C16H23F3N2. The average molecular weight is 300 g/mol. The summed E-state index contributed by atoms with van der Waals surface area (Å²) in [4.78, 5) is 2.37. The molecule has 0 bridgehead atoms. The molecule has 1 N–H and O–H groups in total. The summed E-state index contributed by atoms with van der Waals surface area (Å²) in [6.45, 7) is 8.07. The third kappa shape index (κ3) is 4.45. The van der Waals surface area contributed by atoms with Crippen molar-refractivity contribution in [2.24, 2.45) is 5.92 Å². The zero-order valence-corrected chi connectivity index (χ0v) is 12.6. The maximum atomic E-state index is 12.7. The number of nitrogens with zero attached hydrogens (tertiary/aromatic N) is 1. The minimum absolute atomic E-state index is 0.203. The van der Waals surface area contributed by atoms with Crippen molar-refractivity contribution in [3.63, 3.8) is 0 Å². The lowest BCUT2D eigenvalue weighted by atomic mass is 9.94. The van der Waals surface area contributed by atoms with Crippen molar-refractivity contribution in [1.29, 1.82) is 0 Å². The van der Waals surface area contributed by atoms with Gasteiger partial charge in [0, 0.05) is 32.2 Å². The predicted molar refractivity (Wildman–Crippen MR) is 78.1 cm³/mol. The first-order valence-electron chi connectivity index (χ1n) is 7.50. The van der Waals surface area contributed by atoms with Gasteiger partial charge in [0.1, 0.15) is 0 Å². The van der Waals surface area contributed by atoms with Crippen LogP contribution in [0.4, 0.5) is 13.2 Å². The standard InChI is InChI=1S/C16H23F3N2/c1-12(2)11-15(21-9-7-20-8-10-21)13-3-5-14(6-4-13)16(17,18)19/h3-6,12,15,20H,7-11H2,1-2H3/t15-/m0/s1. The summed E-state index contributed by atoms with van der Waals surface area (Å²) in [5, 5.41) is 3.31. The van der Waals surface area contributed by atoms with Gasteiger partial charge in [-0.25, -0.2) is 0 Å². The lowest BCUT2D eigenvalue weighted by molar-refractivity contribution is -0.137. The number of alkyl halides is 3. The number of piperazine rings is 1. The molecule has 1 aliphatic rings. The van der Waals surface area contributed by atoms with Gasteiger partial charge in [-0.2, -0.15) is 13.2 Å².